The van der Waals surface area contributed by atoms with Crippen LogP contribution in [-0.4, -0.2) is 50.8 Å². The fourth-order valence-corrected chi connectivity index (χ4v) is 3.82. The summed E-state index contributed by atoms with van der Waals surface area (Å²) in [5.74, 6) is 0.782. The molecule has 0 radical (unpaired) electrons. The summed E-state index contributed by atoms with van der Waals surface area (Å²) in [4.78, 5) is 2.30. The Bertz CT molecular complexity index is 243. The molecule has 0 aromatic rings. The molecule has 1 heterocycles. The van der Waals surface area contributed by atoms with Crippen LogP contribution in [0, 0.1) is 5.92 Å². The predicted octanol–water partition coefficient (Wildman–Crippen LogP) is 2.27. The fraction of sp³-hybridized carbons (Fsp3) is 1.00. The van der Waals surface area contributed by atoms with Crippen molar-refractivity contribution in [2.75, 3.05) is 34.3 Å². The molecule has 0 bridgehead atoms. The molecule has 18 heavy (non-hydrogen) atoms. The van der Waals surface area contributed by atoms with Gasteiger partial charge in [-0.25, -0.2) is 0 Å². The zero-order chi connectivity index (χ0) is 13.0. The number of nitrogens with zero attached hydrogens (tertiary/aromatic N) is 1. The van der Waals surface area contributed by atoms with Crippen LogP contribution in [0.5, 0.6) is 0 Å². The van der Waals surface area contributed by atoms with Crippen molar-refractivity contribution in [1.29, 1.82) is 0 Å². The molecule has 106 valence electrons. The molecule has 1 aliphatic carbocycles. The molecular weight excluding hydrogens is 224 g/mol. The van der Waals surface area contributed by atoms with Crippen molar-refractivity contribution < 1.29 is 4.74 Å². The van der Waals surface area contributed by atoms with E-state index in [2.05, 4.69) is 31.4 Å². The number of likely N-dealkylation sites (N-methyl/N-ethyl adjacent to an activating group) is 2. The third-order valence-corrected chi connectivity index (χ3v) is 4.80. The molecule has 3 nitrogen and oxygen atoms in total. The Morgan fingerprint density at radius 3 is 2.61 bits per heavy atom. The molecule has 2 atom stereocenters. The van der Waals surface area contributed by atoms with Gasteiger partial charge in [0.15, 0.2) is 0 Å². The summed E-state index contributed by atoms with van der Waals surface area (Å²) < 4.78 is 6.19. The van der Waals surface area contributed by atoms with Crippen LogP contribution < -0.4 is 5.32 Å². The monoisotopic (exact) mass is 254 g/mol. The van der Waals surface area contributed by atoms with Gasteiger partial charge >= 0.3 is 0 Å². The minimum absolute atomic E-state index is 0.239. The number of nitrogens with one attached hydrogen (secondary N) is 1. The maximum atomic E-state index is 6.19. The topological polar surface area (TPSA) is 24.5 Å². The second-order valence-corrected chi connectivity index (χ2v) is 6.50. The molecule has 1 saturated carbocycles. The van der Waals surface area contributed by atoms with E-state index in [4.69, 9.17) is 4.74 Å². The summed E-state index contributed by atoms with van der Waals surface area (Å²) in [5.41, 5.74) is 0.239. The first-order chi connectivity index (χ1) is 8.65. The van der Waals surface area contributed by atoms with Gasteiger partial charge in [-0.15, -0.1) is 0 Å². The fourth-order valence-electron chi connectivity index (χ4n) is 3.82. The highest BCUT2D eigenvalue weighted by Crippen LogP contribution is 2.41. The standard InChI is InChI=1S/C15H30N2O/c1-16-14(12-17(2)3)13-7-10-18-15(11-13)8-5-4-6-9-15/h13-14,16H,4-12H2,1-3H3. The van der Waals surface area contributed by atoms with Gasteiger partial charge in [0.2, 0.25) is 0 Å². The van der Waals surface area contributed by atoms with Gasteiger partial charge in [-0.1, -0.05) is 19.3 Å². The van der Waals surface area contributed by atoms with Gasteiger partial charge in [0.25, 0.3) is 0 Å². The van der Waals surface area contributed by atoms with E-state index in [-0.39, 0.29) is 5.60 Å². The van der Waals surface area contributed by atoms with Crippen molar-refractivity contribution in [3.63, 3.8) is 0 Å². The second kappa shape index (κ2) is 6.36. The molecule has 2 fully saturated rings. The summed E-state index contributed by atoms with van der Waals surface area (Å²) in [6.45, 7) is 2.10. The number of hydrogen-bond donors (Lipinski definition) is 1. The van der Waals surface area contributed by atoms with Gasteiger partial charge in [-0.2, -0.15) is 0 Å². The highest BCUT2D eigenvalue weighted by molar-refractivity contribution is 4.93. The molecule has 2 rings (SSSR count). The van der Waals surface area contributed by atoms with Crippen LogP contribution in [0.2, 0.25) is 0 Å². The zero-order valence-electron chi connectivity index (χ0n) is 12.4. The van der Waals surface area contributed by atoms with E-state index in [0.29, 0.717) is 6.04 Å². The molecule has 0 aromatic heterocycles. The minimum atomic E-state index is 0.239. The summed E-state index contributed by atoms with van der Waals surface area (Å²) in [7, 11) is 6.44. The predicted molar refractivity (Wildman–Crippen MR) is 75.9 cm³/mol. The molecule has 2 unspecified atom stereocenters. The van der Waals surface area contributed by atoms with Gasteiger partial charge in [0.1, 0.15) is 0 Å². The Hall–Kier alpha value is -0.120. The number of rotatable bonds is 4. The minimum Gasteiger partial charge on any atom is -0.375 e. The van der Waals surface area contributed by atoms with Crippen molar-refractivity contribution >= 4 is 0 Å². The lowest BCUT2D eigenvalue weighted by Gasteiger charge is -2.45. The van der Waals surface area contributed by atoms with Crippen molar-refractivity contribution in [3.05, 3.63) is 0 Å². The lowest BCUT2D eigenvalue weighted by molar-refractivity contribution is -0.122. The largest absolute Gasteiger partial charge is 0.375 e. The zero-order valence-corrected chi connectivity index (χ0v) is 12.4. The van der Waals surface area contributed by atoms with Crippen molar-refractivity contribution in [2.24, 2.45) is 5.92 Å². The van der Waals surface area contributed by atoms with Crippen LogP contribution in [0.15, 0.2) is 0 Å². The maximum Gasteiger partial charge on any atom is 0.0685 e. The van der Waals surface area contributed by atoms with Crippen LogP contribution in [0.25, 0.3) is 0 Å². The average molecular weight is 254 g/mol. The number of ether oxygens (including phenoxy) is 1. The Labute approximate surface area is 112 Å². The van der Waals surface area contributed by atoms with E-state index in [1.54, 1.807) is 0 Å². The molecule has 0 amide bonds. The van der Waals surface area contributed by atoms with Crippen LogP contribution in [0.4, 0.5) is 0 Å². The first-order valence-corrected chi connectivity index (χ1v) is 7.61. The summed E-state index contributed by atoms with van der Waals surface area (Å²) in [6.07, 6.45) is 9.22. The van der Waals surface area contributed by atoms with Crippen molar-refractivity contribution in [1.82, 2.24) is 10.2 Å². The summed E-state index contributed by atoms with van der Waals surface area (Å²) >= 11 is 0. The van der Waals surface area contributed by atoms with Gasteiger partial charge in [0.05, 0.1) is 5.60 Å². The normalized spacial score (nSPS) is 29.7. The van der Waals surface area contributed by atoms with Crippen molar-refractivity contribution in [3.8, 4) is 0 Å². The second-order valence-electron chi connectivity index (χ2n) is 6.50. The van der Waals surface area contributed by atoms with E-state index in [1.165, 1.54) is 44.9 Å². The highest BCUT2D eigenvalue weighted by atomic mass is 16.5. The Balaban J connectivity index is 1.96. The molecule has 0 aromatic carbocycles. The molecule has 1 spiro atoms. The lowest BCUT2D eigenvalue weighted by Crippen LogP contribution is -2.50. The average Bonchev–Trinajstić information content (AvgIpc) is 2.36. The number of hydrogen-bond acceptors (Lipinski definition) is 3. The molecule has 1 saturated heterocycles. The van der Waals surface area contributed by atoms with Crippen LogP contribution in [0.3, 0.4) is 0 Å². The molecule has 2 aliphatic rings. The Kier molecular flexibility index (Phi) is 5.05. The van der Waals surface area contributed by atoms with Crippen LogP contribution in [-0.2, 0) is 4.74 Å². The molecule has 3 heteroatoms. The van der Waals surface area contributed by atoms with E-state index in [1.807, 2.05) is 0 Å². The quantitative estimate of drug-likeness (QED) is 0.833. The first kappa shape index (κ1) is 14.3. The SMILES string of the molecule is CNC(CN(C)C)C1CCOC2(CCCCC2)C1. The van der Waals surface area contributed by atoms with E-state index in [9.17, 15) is 0 Å². The third-order valence-electron chi connectivity index (χ3n) is 4.80. The van der Waals surface area contributed by atoms with Crippen LogP contribution >= 0.6 is 0 Å². The summed E-state index contributed by atoms with van der Waals surface area (Å²) in [5, 5.41) is 3.53. The van der Waals surface area contributed by atoms with Gasteiger partial charge < -0.3 is 15.0 Å². The summed E-state index contributed by atoms with van der Waals surface area (Å²) in [6, 6.07) is 0.614. The van der Waals surface area contributed by atoms with Gasteiger partial charge in [0, 0.05) is 19.2 Å². The van der Waals surface area contributed by atoms with Gasteiger partial charge in [-0.3, -0.25) is 0 Å². The van der Waals surface area contributed by atoms with E-state index in [0.717, 1.165) is 19.1 Å². The van der Waals surface area contributed by atoms with E-state index < -0.39 is 0 Å². The highest BCUT2D eigenvalue weighted by Gasteiger charge is 2.40. The third kappa shape index (κ3) is 3.46. The first-order valence-electron chi connectivity index (χ1n) is 7.61. The Morgan fingerprint density at radius 2 is 2.00 bits per heavy atom. The van der Waals surface area contributed by atoms with Crippen LogP contribution in [0.1, 0.15) is 44.9 Å². The van der Waals surface area contributed by atoms with E-state index >= 15 is 0 Å². The smallest absolute Gasteiger partial charge is 0.0685 e. The van der Waals surface area contributed by atoms with Gasteiger partial charge in [-0.05, 0) is 52.7 Å². The lowest BCUT2D eigenvalue weighted by atomic mass is 9.74. The molecular formula is C15H30N2O. The maximum absolute atomic E-state index is 6.19. The Morgan fingerprint density at radius 1 is 1.28 bits per heavy atom. The van der Waals surface area contributed by atoms with Crippen molar-refractivity contribution in [2.45, 2.75) is 56.6 Å². The molecule has 1 N–H and O–H groups in total. The molecule has 1 aliphatic heterocycles.